The SMILES string of the molecule is CC(C)(C)NC(=O)CCN(c1ccccc1C(F)(F)F)S(C)(=O)=O. The topological polar surface area (TPSA) is 66.5 Å². The molecule has 0 aliphatic rings. The Kier molecular flexibility index (Phi) is 5.91. The molecular weight excluding hydrogens is 345 g/mol. The molecule has 0 aliphatic heterocycles. The van der Waals surface area contributed by atoms with Gasteiger partial charge < -0.3 is 5.32 Å². The Balaban J connectivity index is 3.12. The maximum atomic E-state index is 13.1. The third-order valence-electron chi connectivity index (χ3n) is 2.93. The quantitative estimate of drug-likeness (QED) is 0.871. The van der Waals surface area contributed by atoms with Crippen LogP contribution in [0.4, 0.5) is 18.9 Å². The van der Waals surface area contributed by atoms with E-state index in [0.29, 0.717) is 4.31 Å². The average Bonchev–Trinajstić information content (AvgIpc) is 2.34. The minimum Gasteiger partial charge on any atom is -0.351 e. The van der Waals surface area contributed by atoms with E-state index in [1.165, 1.54) is 12.1 Å². The Labute approximate surface area is 139 Å². The number of carbonyl (C=O) groups is 1. The summed E-state index contributed by atoms with van der Waals surface area (Å²) in [5, 5.41) is 2.64. The van der Waals surface area contributed by atoms with Crippen LogP contribution in [0, 0.1) is 0 Å². The van der Waals surface area contributed by atoms with Gasteiger partial charge in [0.25, 0.3) is 0 Å². The number of nitrogens with zero attached hydrogens (tertiary/aromatic N) is 1. The number of alkyl halides is 3. The normalized spacial score (nSPS) is 12.8. The lowest BCUT2D eigenvalue weighted by molar-refractivity contribution is -0.137. The second-order valence-corrected chi connectivity index (χ2v) is 8.31. The zero-order valence-corrected chi connectivity index (χ0v) is 14.8. The van der Waals surface area contributed by atoms with Crippen molar-refractivity contribution in [3.05, 3.63) is 29.8 Å². The molecule has 1 amide bonds. The summed E-state index contributed by atoms with van der Waals surface area (Å²) in [7, 11) is -3.99. The van der Waals surface area contributed by atoms with E-state index in [1.54, 1.807) is 20.8 Å². The number of hydrogen-bond acceptors (Lipinski definition) is 3. The first kappa shape index (κ1) is 20.3. The molecule has 0 saturated carbocycles. The molecule has 0 unspecified atom stereocenters. The molecule has 24 heavy (non-hydrogen) atoms. The lowest BCUT2D eigenvalue weighted by Crippen LogP contribution is -2.42. The van der Waals surface area contributed by atoms with Crippen LogP contribution in [-0.4, -0.2) is 32.7 Å². The molecule has 0 atom stereocenters. The maximum absolute atomic E-state index is 13.1. The van der Waals surface area contributed by atoms with Crippen molar-refractivity contribution in [2.45, 2.75) is 38.9 Å². The third kappa shape index (κ3) is 6.03. The summed E-state index contributed by atoms with van der Waals surface area (Å²) >= 11 is 0. The van der Waals surface area contributed by atoms with Gasteiger partial charge in [-0.2, -0.15) is 13.2 Å². The number of amides is 1. The van der Waals surface area contributed by atoms with Gasteiger partial charge in [-0.1, -0.05) is 12.1 Å². The van der Waals surface area contributed by atoms with Gasteiger partial charge in [-0.15, -0.1) is 0 Å². The molecule has 0 bridgehead atoms. The fourth-order valence-corrected chi connectivity index (χ4v) is 3.02. The molecule has 0 spiro atoms. The van der Waals surface area contributed by atoms with Crippen LogP contribution in [0.3, 0.4) is 0 Å². The summed E-state index contributed by atoms with van der Waals surface area (Å²) in [5.74, 6) is -0.444. The number of rotatable bonds is 5. The van der Waals surface area contributed by atoms with Crippen molar-refractivity contribution in [1.29, 1.82) is 0 Å². The van der Waals surface area contributed by atoms with E-state index in [9.17, 15) is 26.4 Å². The summed E-state index contributed by atoms with van der Waals surface area (Å²) in [6, 6.07) is 4.38. The summed E-state index contributed by atoms with van der Waals surface area (Å²) < 4.78 is 63.8. The first-order valence-corrected chi connectivity index (χ1v) is 9.01. The van der Waals surface area contributed by atoms with Gasteiger partial charge in [0.15, 0.2) is 0 Å². The first-order chi connectivity index (χ1) is 10.7. The molecule has 1 rings (SSSR count). The van der Waals surface area contributed by atoms with Crippen molar-refractivity contribution in [2.24, 2.45) is 0 Å². The molecule has 1 N–H and O–H groups in total. The molecule has 0 saturated heterocycles. The predicted octanol–water partition coefficient (Wildman–Crippen LogP) is 2.78. The molecule has 0 heterocycles. The van der Waals surface area contributed by atoms with Gasteiger partial charge in [-0.3, -0.25) is 9.10 Å². The minimum atomic E-state index is -4.70. The van der Waals surface area contributed by atoms with Gasteiger partial charge in [-0.25, -0.2) is 8.42 Å². The zero-order valence-electron chi connectivity index (χ0n) is 13.9. The fraction of sp³-hybridized carbons (Fsp3) is 0.533. The first-order valence-electron chi connectivity index (χ1n) is 7.17. The Morgan fingerprint density at radius 3 is 2.17 bits per heavy atom. The van der Waals surface area contributed by atoms with Crippen LogP contribution >= 0.6 is 0 Å². The molecule has 1 aromatic carbocycles. The average molecular weight is 366 g/mol. The monoisotopic (exact) mass is 366 g/mol. The van der Waals surface area contributed by atoms with Crippen molar-refractivity contribution in [3.63, 3.8) is 0 Å². The second kappa shape index (κ2) is 7.00. The maximum Gasteiger partial charge on any atom is 0.418 e. The molecule has 0 aromatic heterocycles. The summed E-state index contributed by atoms with van der Waals surface area (Å²) in [6.07, 6.45) is -4.15. The van der Waals surface area contributed by atoms with E-state index >= 15 is 0 Å². The smallest absolute Gasteiger partial charge is 0.351 e. The highest BCUT2D eigenvalue weighted by Crippen LogP contribution is 2.37. The number of benzene rings is 1. The summed E-state index contributed by atoms with van der Waals surface area (Å²) in [5.41, 5.74) is -2.07. The largest absolute Gasteiger partial charge is 0.418 e. The molecule has 1 aromatic rings. The molecule has 136 valence electrons. The van der Waals surface area contributed by atoms with E-state index < -0.39 is 38.9 Å². The number of halogens is 3. The van der Waals surface area contributed by atoms with E-state index in [-0.39, 0.29) is 13.0 Å². The van der Waals surface area contributed by atoms with Crippen LogP contribution in [0.1, 0.15) is 32.8 Å². The van der Waals surface area contributed by atoms with Crippen molar-refractivity contribution in [1.82, 2.24) is 5.32 Å². The van der Waals surface area contributed by atoms with E-state index in [2.05, 4.69) is 5.32 Å². The third-order valence-corrected chi connectivity index (χ3v) is 4.11. The lowest BCUT2D eigenvalue weighted by Gasteiger charge is -2.26. The van der Waals surface area contributed by atoms with E-state index in [1.807, 2.05) is 0 Å². The number of sulfonamides is 1. The van der Waals surface area contributed by atoms with Gasteiger partial charge in [0.1, 0.15) is 0 Å². The number of carbonyl (C=O) groups excluding carboxylic acids is 1. The Bertz CT molecular complexity index is 695. The van der Waals surface area contributed by atoms with Crippen molar-refractivity contribution < 1.29 is 26.4 Å². The molecule has 0 fully saturated rings. The van der Waals surface area contributed by atoms with Gasteiger partial charge >= 0.3 is 6.18 Å². The van der Waals surface area contributed by atoms with Gasteiger partial charge in [0.05, 0.1) is 17.5 Å². The highest BCUT2D eigenvalue weighted by atomic mass is 32.2. The zero-order chi connectivity index (χ0) is 18.8. The molecule has 5 nitrogen and oxygen atoms in total. The molecule has 0 aliphatic carbocycles. The Hall–Kier alpha value is -1.77. The number of hydrogen-bond donors (Lipinski definition) is 1. The highest BCUT2D eigenvalue weighted by Gasteiger charge is 2.36. The summed E-state index contributed by atoms with van der Waals surface area (Å²) in [4.78, 5) is 11.8. The van der Waals surface area contributed by atoms with Crippen LogP contribution < -0.4 is 9.62 Å². The fourth-order valence-electron chi connectivity index (χ4n) is 2.08. The standard InChI is InChI=1S/C15H21F3N2O3S/c1-14(2,3)19-13(21)9-10-20(24(4,22)23)12-8-6-5-7-11(12)15(16,17)18/h5-8H,9-10H2,1-4H3,(H,19,21). The summed E-state index contributed by atoms with van der Waals surface area (Å²) in [6.45, 7) is 4.86. The Morgan fingerprint density at radius 1 is 1.17 bits per heavy atom. The van der Waals surface area contributed by atoms with Crippen molar-refractivity contribution in [3.8, 4) is 0 Å². The van der Waals surface area contributed by atoms with Crippen LogP contribution in [-0.2, 0) is 21.0 Å². The van der Waals surface area contributed by atoms with Gasteiger partial charge in [0.2, 0.25) is 15.9 Å². The Morgan fingerprint density at radius 2 is 1.71 bits per heavy atom. The molecular formula is C15H21F3N2O3S. The minimum absolute atomic E-state index is 0.253. The molecule has 0 radical (unpaired) electrons. The number of para-hydroxylation sites is 1. The predicted molar refractivity (Wildman–Crippen MR) is 86.1 cm³/mol. The van der Waals surface area contributed by atoms with E-state index in [4.69, 9.17) is 0 Å². The van der Waals surface area contributed by atoms with Crippen LogP contribution in [0.2, 0.25) is 0 Å². The van der Waals surface area contributed by atoms with Crippen LogP contribution in [0.25, 0.3) is 0 Å². The molecule has 9 heteroatoms. The van der Waals surface area contributed by atoms with E-state index in [0.717, 1.165) is 18.4 Å². The van der Waals surface area contributed by atoms with Crippen molar-refractivity contribution >= 4 is 21.6 Å². The highest BCUT2D eigenvalue weighted by molar-refractivity contribution is 7.92. The lowest BCUT2D eigenvalue weighted by atomic mass is 10.1. The van der Waals surface area contributed by atoms with Gasteiger partial charge in [0, 0.05) is 18.5 Å². The second-order valence-electron chi connectivity index (χ2n) is 6.40. The van der Waals surface area contributed by atoms with Gasteiger partial charge in [-0.05, 0) is 32.9 Å². The van der Waals surface area contributed by atoms with Crippen LogP contribution in [0.5, 0.6) is 0 Å². The number of anilines is 1. The van der Waals surface area contributed by atoms with Crippen molar-refractivity contribution in [2.75, 3.05) is 17.1 Å². The number of nitrogens with one attached hydrogen (secondary N) is 1. The van der Waals surface area contributed by atoms with Crippen LogP contribution in [0.15, 0.2) is 24.3 Å².